The number of nitrogens with two attached hydrogens (primary N) is 1. The molecule has 0 aliphatic carbocycles. The number of nitrogens with one attached hydrogen (secondary N) is 1. The maximum Gasteiger partial charge on any atom is 0.267 e. The van der Waals surface area contributed by atoms with Gasteiger partial charge in [-0.2, -0.15) is 16.4 Å². The van der Waals surface area contributed by atoms with E-state index in [1.54, 1.807) is 11.3 Å². The van der Waals surface area contributed by atoms with Crippen LogP contribution in [0.25, 0.3) is 0 Å². The van der Waals surface area contributed by atoms with Crippen molar-refractivity contribution in [1.29, 1.82) is 0 Å². The lowest BCUT2D eigenvalue weighted by molar-refractivity contribution is -0.119. The van der Waals surface area contributed by atoms with Crippen molar-refractivity contribution in [3.8, 4) is 0 Å². The van der Waals surface area contributed by atoms with Crippen LogP contribution >= 0.6 is 11.3 Å². The third kappa shape index (κ3) is 3.62. The molecule has 124 valence electrons. The Labute approximate surface area is 144 Å². The SMILES string of the molecule is NC(=O)[C@H]1CC(C(=O)NCCc2ccsc2)=NN1c1ccccc1. The van der Waals surface area contributed by atoms with Crippen LogP contribution in [-0.4, -0.2) is 30.1 Å². The first-order valence-corrected chi connectivity index (χ1v) is 8.60. The van der Waals surface area contributed by atoms with E-state index in [2.05, 4.69) is 15.8 Å². The minimum atomic E-state index is -0.634. The third-order valence-electron chi connectivity index (χ3n) is 3.80. The van der Waals surface area contributed by atoms with Gasteiger partial charge in [0.25, 0.3) is 5.91 Å². The second kappa shape index (κ2) is 7.27. The molecule has 6 nitrogen and oxygen atoms in total. The van der Waals surface area contributed by atoms with Gasteiger partial charge in [0.05, 0.1) is 5.69 Å². The molecule has 1 aliphatic rings. The summed E-state index contributed by atoms with van der Waals surface area (Å²) in [6, 6.07) is 10.6. The molecule has 3 N–H and O–H groups in total. The summed E-state index contributed by atoms with van der Waals surface area (Å²) < 4.78 is 0. The minimum Gasteiger partial charge on any atom is -0.368 e. The van der Waals surface area contributed by atoms with Crippen LogP contribution in [0, 0.1) is 0 Å². The highest BCUT2D eigenvalue weighted by atomic mass is 32.1. The summed E-state index contributed by atoms with van der Waals surface area (Å²) in [5.74, 6) is -0.751. The maximum atomic E-state index is 12.3. The van der Waals surface area contributed by atoms with Gasteiger partial charge in [0.2, 0.25) is 5.91 Å². The van der Waals surface area contributed by atoms with Crippen LogP contribution < -0.4 is 16.1 Å². The van der Waals surface area contributed by atoms with Crippen molar-refractivity contribution in [2.24, 2.45) is 10.8 Å². The number of nitrogens with zero attached hydrogens (tertiary/aromatic N) is 2. The summed E-state index contributed by atoms with van der Waals surface area (Å²) in [5.41, 5.74) is 7.72. The van der Waals surface area contributed by atoms with Gasteiger partial charge in [-0.25, -0.2) is 0 Å². The van der Waals surface area contributed by atoms with E-state index < -0.39 is 11.9 Å². The van der Waals surface area contributed by atoms with Gasteiger partial charge in [-0.15, -0.1) is 0 Å². The van der Waals surface area contributed by atoms with Crippen LogP contribution in [0.15, 0.2) is 52.3 Å². The van der Waals surface area contributed by atoms with E-state index in [1.807, 2.05) is 41.8 Å². The van der Waals surface area contributed by atoms with Gasteiger partial charge in [0.1, 0.15) is 11.8 Å². The van der Waals surface area contributed by atoms with Gasteiger partial charge in [0.15, 0.2) is 0 Å². The largest absolute Gasteiger partial charge is 0.368 e. The number of benzene rings is 1. The first-order valence-electron chi connectivity index (χ1n) is 7.65. The zero-order valence-electron chi connectivity index (χ0n) is 13.0. The van der Waals surface area contributed by atoms with Crippen molar-refractivity contribution in [3.05, 3.63) is 52.7 Å². The summed E-state index contributed by atoms with van der Waals surface area (Å²) in [5, 5.41) is 12.8. The average molecular weight is 342 g/mol. The smallest absolute Gasteiger partial charge is 0.267 e. The third-order valence-corrected chi connectivity index (χ3v) is 4.53. The topological polar surface area (TPSA) is 87.8 Å². The molecule has 0 spiro atoms. The Morgan fingerprint density at radius 3 is 2.75 bits per heavy atom. The number of rotatable bonds is 6. The quantitative estimate of drug-likeness (QED) is 0.834. The lowest BCUT2D eigenvalue weighted by Gasteiger charge is -2.20. The van der Waals surface area contributed by atoms with Crippen LogP contribution in [-0.2, 0) is 16.0 Å². The summed E-state index contributed by atoms with van der Waals surface area (Å²) in [6.07, 6.45) is 0.985. The molecule has 24 heavy (non-hydrogen) atoms. The van der Waals surface area contributed by atoms with Crippen molar-refractivity contribution in [2.75, 3.05) is 11.6 Å². The Bertz CT molecular complexity index is 743. The molecule has 2 heterocycles. The molecular weight excluding hydrogens is 324 g/mol. The van der Waals surface area contributed by atoms with Crippen molar-refractivity contribution in [3.63, 3.8) is 0 Å². The van der Waals surface area contributed by atoms with E-state index >= 15 is 0 Å². The van der Waals surface area contributed by atoms with Crippen molar-refractivity contribution in [2.45, 2.75) is 18.9 Å². The van der Waals surface area contributed by atoms with Gasteiger partial charge in [0, 0.05) is 13.0 Å². The van der Waals surface area contributed by atoms with Crippen LogP contribution in [0.5, 0.6) is 0 Å². The Balaban J connectivity index is 1.66. The Morgan fingerprint density at radius 1 is 1.29 bits per heavy atom. The Kier molecular flexibility index (Phi) is 4.90. The number of carbonyl (C=O) groups is 2. The number of hydrogen-bond acceptors (Lipinski definition) is 5. The number of thiophene rings is 1. The monoisotopic (exact) mass is 342 g/mol. The molecular formula is C17H18N4O2S. The molecule has 0 radical (unpaired) electrons. The van der Waals surface area contributed by atoms with Gasteiger partial charge >= 0.3 is 0 Å². The van der Waals surface area contributed by atoms with Crippen molar-refractivity contribution in [1.82, 2.24) is 5.32 Å². The molecule has 2 amide bonds. The molecule has 1 aromatic carbocycles. The highest BCUT2D eigenvalue weighted by Gasteiger charge is 2.34. The van der Waals surface area contributed by atoms with Gasteiger partial charge < -0.3 is 11.1 Å². The van der Waals surface area contributed by atoms with Crippen LogP contribution in [0.1, 0.15) is 12.0 Å². The summed E-state index contributed by atoms with van der Waals surface area (Å²) in [6.45, 7) is 0.529. The lowest BCUT2D eigenvalue weighted by atomic mass is 10.1. The molecule has 0 saturated carbocycles. The molecule has 1 aliphatic heterocycles. The number of hydrogen-bond donors (Lipinski definition) is 2. The van der Waals surface area contributed by atoms with Crippen molar-refractivity contribution >= 4 is 34.6 Å². The fourth-order valence-electron chi connectivity index (χ4n) is 2.55. The van der Waals surface area contributed by atoms with Gasteiger partial charge in [-0.05, 0) is 40.9 Å². The Morgan fingerprint density at radius 2 is 2.08 bits per heavy atom. The van der Waals surface area contributed by atoms with E-state index in [0.717, 1.165) is 12.1 Å². The minimum absolute atomic E-state index is 0.217. The van der Waals surface area contributed by atoms with E-state index in [0.29, 0.717) is 12.3 Å². The lowest BCUT2D eigenvalue weighted by Crippen LogP contribution is -2.40. The number of hydrazone groups is 1. The molecule has 0 fully saturated rings. The van der Waals surface area contributed by atoms with Crippen LogP contribution in [0.3, 0.4) is 0 Å². The number of anilines is 1. The second-order valence-electron chi connectivity index (χ2n) is 5.49. The molecule has 0 bridgehead atoms. The molecule has 3 rings (SSSR count). The standard InChI is InChI=1S/C17H18N4O2S/c18-16(22)15-10-14(20-21(15)13-4-2-1-3-5-13)17(23)19-8-6-12-7-9-24-11-12/h1-5,7,9,11,15H,6,8,10H2,(H2,18,22)(H,19,23)/t15-/m1/s1. The highest BCUT2D eigenvalue weighted by Crippen LogP contribution is 2.24. The first kappa shape index (κ1) is 16.2. The van der Waals surface area contributed by atoms with Gasteiger partial charge in [-0.1, -0.05) is 18.2 Å². The second-order valence-corrected chi connectivity index (χ2v) is 6.27. The van der Waals surface area contributed by atoms with E-state index in [-0.39, 0.29) is 12.3 Å². The summed E-state index contributed by atoms with van der Waals surface area (Å²) in [4.78, 5) is 24.0. The first-order chi connectivity index (χ1) is 11.6. The predicted molar refractivity (Wildman–Crippen MR) is 95.0 cm³/mol. The summed E-state index contributed by atoms with van der Waals surface area (Å²) in [7, 11) is 0. The van der Waals surface area contributed by atoms with Gasteiger partial charge in [-0.3, -0.25) is 14.6 Å². The molecule has 7 heteroatoms. The highest BCUT2D eigenvalue weighted by molar-refractivity contribution is 7.07. The number of para-hydroxylation sites is 1. The van der Waals surface area contributed by atoms with Crippen LogP contribution in [0.4, 0.5) is 5.69 Å². The summed E-state index contributed by atoms with van der Waals surface area (Å²) >= 11 is 1.63. The number of primary amides is 1. The molecule has 2 aromatic rings. The number of carbonyl (C=O) groups excluding carboxylic acids is 2. The molecule has 0 unspecified atom stereocenters. The predicted octanol–water partition coefficient (Wildman–Crippen LogP) is 1.53. The molecule has 1 atom stereocenters. The zero-order chi connectivity index (χ0) is 16.9. The fourth-order valence-corrected chi connectivity index (χ4v) is 3.25. The van der Waals surface area contributed by atoms with E-state index in [1.165, 1.54) is 10.6 Å². The van der Waals surface area contributed by atoms with E-state index in [4.69, 9.17) is 5.73 Å². The molecule has 0 saturated heterocycles. The zero-order valence-corrected chi connectivity index (χ0v) is 13.8. The molecule has 1 aromatic heterocycles. The Hall–Kier alpha value is -2.67. The maximum absolute atomic E-state index is 12.3. The van der Waals surface area contributed by atoms with E-state index in [9.17, 15) is 9.59 Å². The van der Waals surface area contributed by atoms with Crippen LogP contribution in [0.2, 0.25) is 0 Å². The normalized spacial score (nSPS) is 16.8. The van der Waals surface area contributed by atoms with Crippen molar-refractivity contribution < 1.29 is 9.59 Å². The number of amides is 2. The fraction of sp³-hybridized carbons (Fsp3) is 0.235. The average Bonchev–Trinajstić information content (AvgIpc) is 3.25.